The monoisotopic (exact) mass is 366 g/mol. The van der Waals surface area contributed by atoms with Gasteiger partial charge in [-0.2, -0.15) is 0 Å². The van der Waals surface area contributed by atoms with E-state index in [1.165, 1.54) is 0 Å². The molecule has 1 aliphatic heterocycles. The number of hydrogen-bond donors (Lipinski definition) is 0. The van der Waals surface area contributed by atoms with Crippen molar-refractivity contribution in [1.82, 2.24) is 0 Å². The van der Waals surface area contributed by atoms with E-state index in [-0.39, 0.29) is 0 Å². The van der Waals surface area contributed by atoms with Gasteiger partial charge in [-0.15, -0.1) is 11.6 Å². The van der Waals surface area contributed by atoms with Gasteiger partial charge >= 0.3 is 5.97 Å². The van der Waals surface area contributed by atoms with Crippen LogP contribution in [-0.2, 0) is 9.53 Å². The quantitative estimate of drug-likeness (QED) is 0.433. The van der Waals surface area contributed by atoms with E-state index in [1.54, 1.807) is 12.2 Å². The number of carbonyl (C=O) groups is 1. The Hall–Kier alpha value is -2.85. The molecule has 26 heavy (non-hydrogen) atoms. The maximum Gasteiger partial charge on any atom is 0.363 e. The molecular weight excluding hydrogens is 348 g/mol. The van der Waals surface area contributed by atoms with Gasteiger partial charge in [0.15, 0.2) is 5.70 Å². The second kappa shape index (κ2) is 8.50. The molecule has 0 atom stereocenters. The molecule has 0 aromatic heterocycles. The molecule has 2 aromatic rings. The molecule has 0 bridgehead atoms. The Bertz CT molecular complexity index is 855. The second-order valence-electron chi connectivity index (χ2n) is 5.82. The Balaban J connectivity index is 1.73. The zero-order chi connectivity index (χ0) is 18.4. The van der Waals surface area contributed by atoms with Crippen molar-refractivity contribution in [3.05, 3.63) is 77.5 Å². The molecule has 0 fully saturated rings. The number of esters is 1. The summed E-state index contributed by atoms with van der Waals surface area (Å²) in [4.78, 5) is 18.3. The molecule has 1 aliphatic rings. The maximum atomic E-state index is 12.0. The average molecular weight is 367 g/mol. The first-order valence-corrected chi connectivity index (χ1v) is 8.82. The Labute approximate surface area is 158 Å². The molecule has 0 radical (unpaired) electrons. The zero-order valence-corrected chi connectivity index (χ0v) is 15.2. The van der Waals surface area contributed by atoms with Crippen LogP contribution in [-0.4, -0.2) is 31.3 Å². The summed E-state index contributed by atoms with van der Waals surface area (Å²) in [5.74, 6) is 0.423. The fourth-order valence-corrected chi connectivity index (χ4v) is 2.72. The van der Waals surface area contributed by atoms with Crippen LogP contribution in [0.2, 0.25) is 0 Å². The van der Waals surface area contributed by atoms with Crippen molar-refractivity contribution in [3.63, 3.8) is 0 Å². The third-order valence-electron chi connectivity index (χ3n) is 3.91. The molecule has 4 nitrogen and oxygen atoms in total. The van der Waals surface area contributed by atoms with Crippen molar-refractivity contribution in [2.45, 2.75) is 0 Å². The number of anilines is 1. The van der Waals surface area contributed by atoms with Crippen molar-refractivity contribution >= 4 is 41.3 Å². The number of hydrogen-bond acceptors (Lipinski definition) is 4. The highest BCUT2D eigenvalue weighted by Crippen LogP contribution is 2.19. The van der Waals surface area contributed by atoms with E-state index in [0.29, 0.717) is 17.5 Å². The molecule has 0 N–H and O–H groups in total. The number of aliphatic imine (C=N–C) groups is 1. The van der Waals surface area contributed by atoms with E-state index in [4.69, 9.17) is 16.3 Å². The van der Waals surface area contributed by atoms with E-state index in [2.05, 4.69) is 9.89 Å². The molecule has 5 heteroatoms. The molecule has 0 amide bonds. The standard InChI is InChI=1S/C21H19ClN2O2/c1-24(14-13-22)18-10-7-17(8-11-18)15-19-21(25)26-20(23-19)12-9-16-5-3-2-4-6-16/h2-12,15H,13-14H2,1H3/b12-9+,19-15+. The van der Waals surface area contributed by atoms with Crippen LogP contribution in [0.4, 0.5) is 5.69 Å². The smallest absolute Gasteiger partial charge is 0.363 e. The number of ether oxygens (including phenoxy) is 1. The number of carbonyl (C=O) groups excluding carboxylic acids is 1. The summed E-state index contributed by atoms with van der Waals surface area (Å²) in [6.07, 6.45) is 5.27. The highest BCUT2D eigenvalue weighted by molar-refractivity contribution is 6.18. The number of halogens is 1. The number of rotatable bonds is 6. The summed E-state index contributed by atoms with van der Waals surface area (Å²) in [5, 5.41) is 0. The molecule has 132 valence electrons. The minimum atomic E-state index is -0.443. The molecule has 0 unspecified atom stereocenters. The van der Waals surface area contributed by atoms with Gasteiger partial charge < -0.3 is 9.64 Å². The zero-order valence-electron chi connectivity index (χ0n) is 14.4. The van der Waals surface area contributed by atoms with Crippen LogP contribution in [0.15, 0.2) is 71.4 Å². The predicted octanol–water partition coefficient (Wildman–Crippen LogP) is 4.37. The fourth-order valence-electron chi connectivity index (χ4n) is 2.47. The second-order valence-corrected chi connectivity index (χ2v) is 6.19. The van der Waals surface area contributed by atoms with Gasteiger partial charge in [-0.05, 0) is 35.4 Å². The Morgan fingerprint density at radius 3 is 2.46 bits per heavy atom. The SMILES string of the molecule is CN(CCCl)c1ccc(/C=C2N=C(/C=C/c3ccccc3)OC/2=O)cc1. The number of alkyl halides is 1. The lowest BCUT2D eigenvalue weighted by Crippen LogP contribution is -2.19. The van der Waals surface area contributed by atoms with Crippen LogP contribution in [0, 0.1) is 0 Å². The van der Waals surface area contributed by atoms with Gasteiger partial charge in [0.2, 0.25) is 5.90 Å². The van der Waals surface area contributed by atoms with Crippen LogP contribution in [0.1, 0.15) is 11.1 Å². The van der Waals surface area contributed by atoms with E-state index >= 15 is 0 Å². The van der Waals surface area contributed by atoms with E-state index in [0.717, 1.165) is 23.4 Å². The van der Waals surface area contributed by atoms with Crippen LogP contribution < -0.4 is 4.90 Å². The lowest BCUT2D eigenvalue weighted by atomic mass is 10.1. The summed E-state index contributed by atoms with van der Waals surface area (Å²) in [6, 6.07) is 17.6. The summed E-state index contributed by atoms with van der Waals surface area (Å²) < 4.78 is 5.19. The highest BCUT2D eigenvalue weighted by Gasteiger charge is 2.21. The van der Waals surface area contributed by atoms with Gasteiger partial charge in [0.05, 0.1) is 0 Å². The van der Waals surface area contributed by atoms with Gasteiger partial charge in [0.25, 0.3) is 0 Å². The maximum absolute atomic E-state index is 12.0. The Morgan fingerprint density at radius 2 is 1.77 bits per heavy atom. The van der Waals surface area contributed by atoms with Crippen LogP contribution in [0.5, 0.6) is 0 Å². The predicted molar refractivity (Wildman–Crippen MR) is 107 cm³/mol. The van der Waals surface area contributed by atoms with Gasteiger partial charge in [-0.3, -0.25) is 0 Å². The molecule has 0 saturated heterocycles. The van der Waals surface area contributed by atoms with Gasteiger partial charge in [0, 0.05) is 31.2 Å². The Morgan fingerprint density at radius 1 is 1.04 bits per heavy atom. The van der Waals surface area contributed by atoms with E-state index in [1.807, 2.05) is 67.7 Å². The minimum Gasteiger partial charge on any atom is -0.403 e. The number of nitrogens with zero attached hydrogens (tertiary/aromatic N) is 2. The fraction of sp³-hybridized carbons (Fsp3) is 0.143. The molecular formula is C21H19ClN2O2. The van der Waals surface area contributed by atoms with Gasteiger partial charge in [0.1, 0.15) is 0 Å². The van der Waals surface area contributed by atoms with Crippen molar-refractivity contribution < 1.29 is 9.53 Å². The first kappa shape index (κ1) is 18.0. The molecule has 0 aliphatic carbocycles. The van der Waals surface area contributed by atoms with Crippen LogP contribution in [0.3, 0.4) is 0 Å². The molecule has 1 heterocycles. The lowest BCUT2D eigenvalue weighted by Gasteiger charge is -2.17. The number of benzene rings is 2. The summed E-state index contributed by atoms with van der Waals surface area (Å²) in [7, 11) is 1.99. The van der Waals surface area contributed by atoms with Crippen molar-refractivity contribution in [1.29, 1.82) is 0 Å². The lowest BCUT2D eigenvalue weighted by molar-refractivity contribution is -0.129. The van der Waals surface area contributed by atoms with E-state index in [9.17, 15) is 4.79 Å². The average Bonchev–Trinajstić information content (AvgIpc) is 3.01. The van der Waals surface area contributed by atoms with Crippen molar-refractivity contribution in [2.75, 3.05) is 24.4 Å². The van der Waals surface area contributed by atoms with Gasteiger partial charge in [-0.1, -0.05) is 42.5 Å². The third-order valence-corrected chi connectivity index (χ3v) is 4.08. The van der Waals surface area contributed by atoms with E-state index < -0.39 is 5.97 Å². The first-order valence-electron chi connectivity index (χ1n) is 8.28. The summed E-state index contributed by atoms with van der Waals surface area (Å²) in [6.45, 7) is 0.774. The first-order chi connectivity index (χ1) is 12.7. The third kappa shape index (κ3) is 4.61. The molecule has 0 saturated carbocycles. The molecule has 2 aromatic carbocycles. The van der Waals surface area contributed by atoms with Gasteiger partial charge in [-0.25, -0.2) is 9.79 Å². The largest absolute Gasteiger partial charge is 0.403 e. The summed E-state index contributed by atoms with van der Waals surface area (Å²) in [5.41, 5.74) is 3.26. The van der Waals surface area contributed by atoms with Crippen molar-refractivity contribution in [3.8, 4) is 0 Å². The van der Waals surface area contributed by atoms with Crippen LogP contribution >= 0.6 is 11.6 Å². The van der Waals surface area contributed by atoms with Crippen LogP contribution in [0.25, 0.3) is 12.2 Å². The molecule has 3 rings (SSSR count). The summed E-state index contributed by atoms with van der Waals surface area (Å²) >= 11 is 5.76. The minimum absolute atomic E-state index is 0.291. The normalized spacial score (nSPS) is 15.4. The molecule has 0 spiro atoms. The topological polar surface area (TPSA) is 41.9 Å². The Kier molecular flexibility index (Phi) is 5.87. The number of cyclic esters (lactones) is 1. The highest BCUT2D eigenvalue weighted by atomic mass is 35.5. The van der Waals surface area contributed by atoms with Crippen molar-refractivity contribution in [2.24, 2.45) is 4.99 Å².